The molecule has 7 nitrogen and oxygen atoms in total. The lowest BCUT2D eigenvalue weighted by Crippen LogP contribution is -2.38. The predicted octanol–water partition coefficient (Wildman–Crippen LogP) is 5.23. The standard InChI is InChI=1S/C25H20F4N2O5S/c1-14(31-37(34,35)24-12-16-11-18(26)5-9-23(16)36-24)21(32)7-2-15-3-8-22(33)19(10-15)20-6-4-17(13-30-20)25(27,28)29/h3-6,8-14,31,33H,2,7H2,1H3/t14-/m0/s1. The molecule has 0 unspecified atom stereocenters. The summed E-state index contributed by atoms with van der Waals surface area (Å²) in [6.07, 6.45) is -3.78. The fourth-order valence-electron chi connectivity index (χ4n) is 3.63. The summed E-state index contributed by atoms with van der Waals surface area (Å²) in [7, 11) is -4.21. The van der Waals surface area contributed by atoms with Crippen molar-refractivity contribution in [2.45, 2.75) is 37.1 Å². The number of aromatic nitrogens is 1. The molecule has 0 spiro atoms. The molecule has 2 heterocycles. The van der Waals surface area contributed by atoms with Crippen LogP contribution in [0.15, 0.2) is 70.3 Å². The number of furan rings is 1. The van der Waals surface area contributed by atoms with Gasteiger partial charge in [0.2, 0.25) is 5.09 Å². The number of phenols is 1. The summed E-state index contributed by atoms with van der Waals surface area (Å²) in [4.78, 5) is 16.4. The highest BCUT2D eigenvalue weighted by molar-refractivity contribution is 7.89. The van der Waals surface area contributed by atoms with Crippen molar-refractivity contribution in [3.05, 3.63) is 77.7 Å². The van der Waals surface area contributed by atoms with Gasteiger partial charge in [-0.1, -0.05) is 6.07 Å². The first-order valence-electron chi connectivity index (χ1n) is 10.9. The molecular weight excluding hydrogens is 516 g/mol. The molecule has 0 amide bonds. The van der Waals surface area contributed by atoms with Gasteiger partial charge in [-0.3, -0.25) is 9.78 Å². The van der Waals surface area contributed by atoms with Crippen LogP contribution in [0.4, 0.5) is 17.6 Å². The second-order valence-electron chi connectivity index (χ2n) is 8.34. The molecule has 4 aromatic rings. The minimum Gasteiger partial charge on any atom is -0.507 e. The van der Waals surface area contributed by atoms with E-state index in [1.807, 2.05) is 0 Å². The summed E-state index contributed by atoms with van der Waals surface area (Å²) < 4.78 is 84.5. The zero-order valence-electron chi connectivity index (χ0n) is 19.2. The van der Waals surface area contributed by atoms with E-state index in [9.17, 15) is 35.9 Å². The maximum Gasteiger partial charge on any atom is 0.417 e. The van der Waals surface area contributed by atoms with Crippen LogP contribution in [0.2, 0.25) is 0 Å². The molecule has 0 aliphatic carbocycles. The number of pyridine rings is 1. The smallest absolute Gasteiger partial charge is 0.417 e. The van der Waals surface area contributed by atoms with Crippen molar-refractivity contribution in [3.63, 3.8) is 0 Å². The van der Waals surface area contributed by atoms with Gasteiger partial charge in [0.05, 0.1) is 17.3 Å². The highest BCUT2D eigenvalue weighted by Crippen LogP contribution is 2.33. The Hall–Kier alpha value is -3.77. The third-order valence-electron chi connectivity index (χ3n) is 5.62. The normalized spacial score (nSPS) is 13.1. The number of aryl methyl sites for hydroxylation is 1. The number of Topliss-reactive ketones (excluding diaryl/α,β-unsaturated/α-hetero) is 1. The number of phenolic OH excluding ortho intramolecular Hbond substituents is 1. The number of sulfonamides is 1. The molecule has 0 saturated heterocycles. The molecule has 4 rings (SSSR count). The lowest BCUT2D eigenvalue weighted by atomic mass is 10.0. The molecule has 0 aliphatic rings. The molecule has 0 aliphatic heterocycles. The first-order valence-corrected chi connectivity index (χ1v) is 12.4. The van der Waals surface area contributed by atoms with Crippen LogP contribution >= 0.6 is 0 Å². The second-order valence-corrected chi connectivity index (χ2v) is 9.98. The van der Waals surface area contributed by atoms with Crippen LogP contribution in [-0.4, -0.2) is 30.3 Å². The maximum absolute atomic E-state index is 13.4. The summed E-state index contributed by atoms with van der Waals surface area (Å²) >= 11 is 0. The van der Waals surface area contributed by atoms with Gasteiger partial charge < -0.3 is 9.52 Å². The monoisotopic (exact) mass is 536 g/mol. The maximum atomic E-state index is 13.4. The van der Waals surface area contributed by atoms with Gasteiger partial charge in [0.15, 0.2) is 5.78 Å². The molecule has 0 radical (unpaired) electrons. The van der Waals surface area contributed by atoms with E-state index >= 15 is 0 Å². The Morgan fingerprint density at radius 1 is 1.11 bits per heavy atom. The molecule has 1 atom stereocenters. The first-order chi connectivity index (χ1) is 17.3. The van der Waals surface area contributed by atoms with E-state index in [1.54, 1.807) is 6.07 Å². The number of halogens is 4. The summed E-state index contributed by atoms with van der Waals surface area (Å²) in [6.45, 7) is 1.37. The van der Waals surface area contributed by atoms with Crippen molar-refractivity contribution in [2.24, 2.45) is 0 Å². The van der Waals surface area contributed by atoms with Crippen molar-refractivity contribution in [3.8, 4) is 17.0 Å². The minimum atomic E-state index is -4.55. The van der Waals surface area contributed by atoms with Crippen LogP contribution in [-0.2, 0) is 27.4 Å². The summed E-state index contributed by atoms with van der Waals surface area (Å²) in [5, 5.41) is 9.95. The Morgan fingerprint density at radius 3 is 2.54 bits per heavy atom. The highest BCUT2D eigenvalue weighted by Gasteiger charge is 2.31. The lowest BCUT2D eigenvalue weighted by molar-refractivity contribution is -0.137. The van der Waals surface area contributed by atoms with Crippen LogP contribution < -0.4 is 4.72 Å². The number of nitrogens with one attached hydrogen (secondary N) is 1. The van der Waals surface area contributed by atoms with Gasteiger partial charge in [-0.15, -0.1) is 0 Å². The predicted molar refractivity (Wildman–Crippen MR) is 126 cm³/mol. The zero-order chi connectivity index (χ0) is 27.0. The van der Waals surface area contributed by atoms with E-state index in [2.05, 4.69) is 9.71 Å². The number of ketones is 1. The number of alkyl halides is 3. The molecule has 37 heavy (non-hydrogen) atoms. The molecule has 12 heteroatoms. The summed E-state index contributed by atoms with van der Waals surface area (Å²) in [5.41, 5.74) is 0.131. The van der Waals surface area contributed by atoms with E-state index < -0.39 is 44.5 Å². The third-order valence-corrected chi connectivity index (χ3v) is 7.02. The number of benzene rings is 2. The van der Waals surface area contributed by atoms with Crippen molar-refractivity contribution in [1.29, 1.82) is 0 Å². The van der Waals surface area contributed by atoms with Crippen molar-refractivity contribution in [2.75, 3.05) is 0 Å². The molecule has 194 valence electrons. The van der Waals surface area contributed by atoms with Gasteiger partial charge >= 0.3 is 6.18 Å². The molecule has 0 fully saturated rings. The van der Waals surface area contributed by atoms with Crippen LogP contribution in [0.3, 0.4) is 0 Å². The lowest BCUT2D eigenvalue weighted by Gasteiger charge is -2.13. The minimum absolute atomic E-state index is 0.0698. The molecular formula is C25H20F4N2O5S. The summed E-state index contributed by atoms with van der Waals surface area (Å²) in [6, 6.07) is 9.96. The van der Waals surface area contributed by atoms with Gasteiger partial charge in [-0.25, -0.2) is 12.8 Å². The van der Waals surface area contributed by atoms with Crippen LogP contribution in [0.1, 0.15) is 24.5 Å². The number of fused-ring (bicyclic) bond motifs is 1. The van der Waals surface area contributed by atoms with Crippen molar-refractivity contribution >= 4 is 26.8 Å². The SMILES string of the molecule is C[C@H](NS(=O)(=O)c1cc2cc(F)ccc2o1)C(=O)CCc1ccc(O)c(-c2ccc(C(F)(F)F)cn2)c1. The average molecular weight is 537 g/mol. The van der Waals surface area contributed by atoms with E-state index in [4.69, 9.17) is 4.42 Å². The van der Waals surface area contributed by atoms with E-state index in [-0.39, 0.29) is 40.8 Å². The number of rotatable bonds is 8. The van der Waals surface area contributed by atoms with Gasteiger partial charge in [-0.2, -0.15) is 17.9 Å². The number of nitrogens with zero attached hydrogens (tertiary/aromatic N) is 1. The fraction of sp³-hybridized carbons (Fsp3) is 0.200. The topological polar surface area (TPSA) is 110 Å². The van der Waals surface area contributed by atoms with Gasteiger partial charge in [0, 0.05) is 29.6 Å². The quantitative estimate of drug-likeness (QED) is 0.299. The average Bonchev–Trinajstić information content (AvgIpc) is 3.27. The Kier molecular flexibility index (Phi) is 7.07. The molecule has 0 bridgehead atoms. The number of carbonyl (C=O) groups excluding carboxylic acids is 1. The molecule has 2 aromatic carbocycles. The number of hydrogen-bond donors (Lipinski definition) is 2. The van der Waals surface area contributed by atoms with E-state index in [0.29, 0.717) is 11.8 Å². The van der Waals surface area contributed by atoms with E-state index in [1.165, 1.54) is 25.1 Å². The first kappa shape index (κ1) is 26.3. The highest BCUT2D eigenvalue weighted by atomic mass is 32.2. The summed E-state index contributed by atoms with van der Waals surface area (Å²) in [5.74, 6) is -1.19. The van der Waals surface area contributed by atoms with Gasteiger partial charge in [0.1, 0.15) is 17.1 Å². The van der Waals surface area contributed by atoms with Crippen molar-refractivity contribution < 1.29 is 40.3 Å². The third kappa shape index (κ3) is 5.97. The largest absolute Gasteiger partial charge is 0.507 e. The number of aromatic hydroxyl groups is 1. The second kappa shape index (κ2) is 9.94. The van der Waals surface area contributed by atoms with Crippen LogP contribution in [0, 0.1) is 5.82 Å². The van der Waals surface area contributed by atoms with Crippen LogP contribution in [0.25, 0.3) is 22.2 Å². The molecule has 0 saturated carbocycles. The van der Waals surface area contributed by atoms with Crippen LogP contribution in [0.5, 0.6) is 5.75 Å². The van der Waals surface area contributed by atoms with Gasteiger partial charge in [-0.05, 0) is 61.4 Å². The Balaban J connectivity index is 1.42. The number of hydrogen-bond acceptors (Lipinski definition) is 6. The Labute approximate surface area is 208 Å². The van der Waals surface area contributed by atoms with E-state index in [0.717, 1.165) is 30.3 Å². The Morgan fingerprint density at radius 2 is 1.86 bits per heavy atom. The molecule has 2 aromatic heterocycles. The Bertz CT molecular complexity index is 1560. The van der Waals surface area contributed by atoms with Gasteiger partial charge in [0.25, 0.3) is 10.0 Å². The molecule has 2 N–H and O–H groups in total. The number of carbonyl (C=O) groups is 1. The fourth-order valence-corrected chi connectivity index (χ4v) is 4.82. The van der Waals surface area contributed by atoms with Crippen molar-refractivity contribution in [1.82, 2.24) is 9.71 Å². The zero-order valence-corrected chi connectivity index (χ0v) is 20.0.